The topological polar surface area (TPSA) is 102 Å². The van der Waals surface area contributed by atoms with Crippen LogP contribution >= 0.6 is 11.3 Å². The van der Waals surface area contributed by atoms with Gasteiger partial charge in [0.15, 0.2) is 0 Å². The third-order valence-corrected chi connectivity index (χ3v) is 5.55. The number of nitrogens with two attached hydrogens (primary N) is 1. The van der Waals surface area contributed by atoms with Gasteiger partial charge in [0.25, 0.3) is 5.91 Å². The molecular weight excluding hydrogens is 342 g/mol. The molecule has 1 aromatic heterocycles. The van der Waals surface area contributed by atoms with Crippen LogP contribution in [0.15, 0.2) is 0 Å². The number of methoxy groups -OCH3 is 1. The molecule has 2 rings (SSSR count). The fraction of sp³-hybridized carbons (Fsp3) is 0.588. The summed E-state index contributed by atoms with van der Waals surface area (Å²) in [5.41, 5.74) is 5.97. The van der Waals surface area contributed by atoms with E-state index in [1.165, 1.54) is 7.11 Å². The SMILES string of the molecule is COC(=O)c1c(NC(=O)CN2CC(C)CC(C)C2)sc(C(N)=O)c1C. The smallest absolute Gasteiger partial charge is 0.341 e. The van der Waals surface area contributed by atoms with E-state index >= 15 is 0 Å². The number of esters is 1. The number of carbonyl (C=O) groups excluding carboxylic acids is 3. The van der Waals surface area contributed by atoms with Crippen molar-refractivity contribution in [3.63, 3.8) is 0 Å². The Labute approximate surface area is 151 Å². The van der Waals surface area contributed by atoms with E-state index < -0.39 is 11.9 Å². The molecule has 2 amide bonds. The molecular formula is C17H25N3O4S. The first-order chi connectivity index (χ1) is 11.7. The zero-order valence-corrected chi connectivity index (χ0v) is 15.9. The first-order valence-corrected chi connectivity index (χ1v) is 9.08. The first kappa shape index (κ1) is 19.4. The van der Waals surface area contributed by atoms with E-state index in [-0.39, 0.29) is 22.9 Å². The van der Waals surface area contributed by atoms with Gasteiger partial charge in [-0.3, -0.25) is 14.5 Å². The number of thiophene rings is 1. The number of likely N-dealkylation sites (tertiary alicyclic amines) is 1. The monoisotopic (exact) mass is 367 g/mol. The molecule has 0 spiro atoms. The number of amides is 2. The summed E-state index contributed by atoms with van der Waals surface area (Å²) in [6.07, 6.45) is 1.16. The molecule has 1 aromatic rings. The highest BCUT2D eigenvalue weighted by Crippen LogP contribution is 2.33. The summed E-state index contributed by atoms with van der Waals surface area (Å²) in [4.78, 5) is 38.3. The lowest BCUT2D eigenvalue weighted by molar-refractivity contribution is -0.117. The highest BCUT2D eigenvalue weighted by molar-refractivity contribution is 7.18. The Kier molecular flexibility index (Phi) is 6.18. The number of carbonyl (C=O) groups is 3. The van der Waals surface area contributed by atoms with Crippen LogP contribution in [0.1, 0.15) is 45.9 Å². The molecule has 1 aliphatic rings. The van der Waals surface area contributed by atoms with Crippen molar-refractivity contribution in [2.24, 2.45) is 17.6 Å². The number of piperidine rings is 1. The van der Waals surface area contributed by atoms with Crippen LogP contribution in [-0.2, 0) is 9.53 Å². The molecule has 2 unspecified atom stereocenters. The van der Waals surface area contributed by atoms with E-state index in [1.54, 1.807) is 6.92 Å². The maximum atomic E-state index is 12.4. The van der Waals surface area contributed by atoms with Crippen molar-refractivity contribution in [3.05, 3.63) is 16.0 Å². The van der Waals surface area contributed by atoms with Gasteiger partial charge in [0, 0.05) is 13.1 Å². The number of hydrogen-bond donors (Lipinski definition) is 2. The number of hydrogen-bond acceptors (Lipinski definition) is 6. The van der Waals surface area contributed by atoms with Gasteiger partial charge in [0.2, 0.25) is 5.91 Å². The van der Waals surface area contributed by atoms with Crippen molar-refractivity contribution in [2.45, 2.75) is 27.2 Å². The van der Waals surface area contributed by atoms with Gasteiger partial charge in [-0.05, 0) is 30.7 Å². The standard InChI is InChI=1S/C17H25N3O4S/c1-9-5-10(2)7-20(6-9)8-12(21)19-16-13(17(23)24-4)11(3)14(25-16)15(18)22/h9-10H,5-8H2,1-4H3,(H2,18,22)(H,19,21). The zero-order chi connectivity index (χ0) is 18.7. The number of rotatable bonds is 5. The minimum Gasteiger partial charge on any atom is -0.465 e. The highest BCUT2D eigenvalue weighted by atomic mass is 32.1. The summed E-state index contributed by atoms with van der Waals surface area (Å²) in [7, 11) is 1.26. The van der Waals surface area contributed by atoms with Crippen LogP contribution in [0.25, 0.3) is 0 Å². The molecule has 25 heavy (non-hydrogen) atoms. The Bertz CT molecular complexity index is 676. The first-order valence-electron chi connectivity index (χ1n) is 8.26. The summed E-state index contributed by atoms with van der Waals surface area (Å²) in [5.74, 6) is -0.354. The Morgan fingerprint density at radius 3 is 2.40 bits per heavy atom. The number of ether oxygens (including phenoxy) is 1. The van der Waals surface area contributed by atoms with Crippen molar-refractivity contribution in [2.75, 3.05) is 32.1 Å². The van der Waals surface area contributed by atoms with Gasteiger partial charge in [-0.2, -0.15) is 0 Å². The Morgan fingerprint density at radius 1 is 1.28 bits per heavy atom. The van der Waals surface area contributed by atoms with E-state index in [0.29, 0.717) is 22.4 Å². The molecule has 1 aliphatic heterocycles. The molecule has 0 bridgehead atoms. The lowest BCUT2D eigenvalue weighted by Gasteiger charge is -2.34. The molecule has 8 heteroatoms. The molecule has 1 saturated heterocycles. The van der Waals surface area contributed by atoms with E-state index in [9.17, 15) is 14.4 Å². The van der Waals surface area contributed by atoms with Gasteiger partial charge in [0.1, 0.15) is 5.00 Å². The molecule has 7 nitrogen and oxygen atoms in total. The maximum Gasteiger partial charge on any atom is 0.341 e. The van der Waals surface area contributed by atoms with Crippen molar-refractivity contribution in [1.29, 1.82) is 0 Å². The van der Waals surface area contributed by atoms with Crippen LogP contribution in [-0.4, -0.2) is 49.4 Å². The highest BCUT2D eigenvalue weighted by Gasteiger charge is 2.27. The van der Waals surface area contributed by atoms with Gasteiger partial charge in [-0.1, -0.05) is 13.8 Å². The second kappa shape index (κ2) is 7.97. The van der Waals surface area contributed by atoms with Crippen molar-refractivity contribution >= 4 is 34.1 Å². The van der Waals surface area contributed by atoms with Crippen LogP contribution in [0, 0.1) is 18.8 Å². The van der Waals surface area contributed by atoms with E-state index in [4.69, 9.17) is 10.5 Å². The second-order valence-electron chi connectivity index (χ2n) is 6.80. The van der Waals surface area contributed by atoms with Crippen LogP contribution in [0.5, 0.6) is 0 Å². The average molecular weight is 367 g/mol. The Hall–Kier alpha value is -1.93. The summed E-state index contributed by atoms with van der Waals surface area (Å²) >= 11 is 1.00. The van der Waals surface area contributed by atoms with Crippen LogP contribution in [0.4, 0.5) is 5.00 Å². The minimum atomic E-state index is -0.633. The normalized spacial score (nSPS) is 21.0. The molecule has 2 atom stereocenters. The summed E-state index contributed by atoms with van der Waals surface area (Å²) < 4.78 is 4.76. The summed E-state index contributed by atoms with van der Waals surface area (Å²) in [5, 5.41) is 3.05. The second-order valence-corrected chi connectivity index (χ2v) is 7.83. The average Bonchev–Trinajstić information content (AvgIpc) is 2.81. The molecule has 0 radical (unpaired) electrons. The molecule has 0 aliphatic carbocycles. The third-order valence-electron chi connectivity index (χ3n) is 4.32. The van der Waals surface area contributed by atoms with E-state index in [0.717, 1.165) is 30.8 Å². The van der Waals surface area contributed by atoms with Crippen molar-refractivity contribution < 1.29 is 19.1 Å². The molecule has 1 fully saturated rings. The van der Waals surface area contributed by atoms with Gasteiger partial charge < -0.3 is 15.8 Å². The number of anilines is 1. The summed E-state index contributed by atoms with van der Waals surface area (Å²) in [6, 6.07) is 0. The number of nitrogens with one attached hydrogen (secondary N) is 1. The lowest BCUT2D eigenvalue weighted by atomic mass is 9.92. The van der Waals surface area contributed by atoms with Crippen molar-refractivity contribution in [1.82, 2.24) is 4.90 Å². The minimum absolute atomic E-state index is 0.190. The fourth-order valence-corrected chi connectivity index (χ4v) is 4.54. The molecule has 2 heterocycles. The fourth-order valence-electron chi connectivity index (χ4n) is 3.47. The zero-order valence-electron chi connectivity index (χ0n) is 15.0. The predicted octanol–water partition coefficient (Wildman–Crippen LogP) is 1.86. The molecule has 138 valence electrons. The van der Waals surface area contributed by atoms with E-state index in [1.807, 2.05) is 0 Å². The summed E-state index contributed by atoms with van der Waals surface area (Å²) in [6.45, 7) is 7.97. The Morgan fingerprint density at radius 2 is 1.88 bits per heavy atom. The number of primary amides is 1. The quantitative estimate of drug-likeness (QED) is 0.774. The van der Waals surface area contributed by atoms with E-state index in [2.05, 4.69) is 24.1 Å². The maximum absolute atomic E-state index is 12.4. The van der Waals surface area contributed by atoms with Crippen molar-refractivity contribution in [3.8, 4) is 0 Å². The van der Waals surface area contributed by atoms with Gasteiger partial charge in [0.05, 0.1) is 24.1 Å². The molecule has 0 aromatic carbocycles. The molecule has 3 N–H and O–H groups in total. The third kappa shape index (κ3) is 4.58. The van der Waals surface area contributed by atoms with Crippen LogP contribution in [0.3, 0.4) is 0 Å². The lowest BCUT2D eigenvalue weighted by Crippen LogP contribution is -2.42. The predicted molar refractivity (Wildman–Crippen MR) is 96.9 cm³/mol. The molecule has 0 saturated carbocycles. The Balaban J connectivity index is 2.15. The number of nitrogens with zero attached hydrogens (tertiary/aromatic N) is 1. The van der Waals surface area contributed by atoms with Gasteiger partial charge in [-0.15, -0.1) is 11.3 Å². The van der Waals surface area contributed by atoms with Gasteiger partial charge in [-0.25, -0.2) is 4.79 Å². The largest absolute Gasteiger partial charge is 0.465 e. The van der Waals surface area contributed by atoms with Gasteiger partial charge >= 0.3 is 5.97 Å². The van der Waals surface area contributed by atoms with Crippen LogP contribution in [0.2, 0.25) is 0 Å². The van der Waals surface area contributed by atoms with Crippen LogP contribution < -0.4 is 11.1 Å².